The molecule has 0 aliphatic rings. The van der Waals surface area contributed by atoms with Gasteiger partial charge in [0.2, 0.25) is 0 Å². The van der Waals surface area contributed by atoms with Crippen molar-refractivity contribution >= 4 is 56.7 Å². The maximum absolute atomic E-state index is 11.9. The van der Waals surface area contributed by atoms with Gasteiger partial charge in [-0.05, 0) is 73.6 Å². The fourth-order valence-electron chi connectivity index (χ4n) is 2.19. The quantitative estimate of drug-likeness (QED) is 0.417. The lowest BCUT2D eigenvalue weighted by Gasteiger charge is -2.13. The van der Waals surface area contributed by atoms with Crippen LogP contribution in [0, 0.1) is 13.8 Å². The van der Waals surface area contributed by atoms with Crippen LogP contribution in [0.3, 0.4) is 0 Å². The van der Waals surface area contributed by atoms with Crippen LogP contribution in [0.1, 0.15) is 11.1 Å². The fraction of sp³-hybridized carbons (Fsp3) is 0.211. The molecule has 0 aliphatic heterocycles. The molecule has 154 valence electrons. The van der Waals surface area contributed by atoms with Crippen LogP contribution in [0.25, 0.3) is 0 Å². The van der Waals surface area contributed by atoms with Gasteiger partial charge in [-0.2, -0.15) is 0 Å². The molecule has 3 N–H and O–H groups in total. The van der Waals surface area contributed by atoms with Gasteiger partial charge in [-0.25, -0.2) is 0 Å². The van der Waals surface area contributed by atoms with Crippen molar-refractivity contribution in [1.29, 1.82) is 0 Å². The molecule has 0 radical (unpaired) electrons. The number of ether oxygens (including phenoxy) is 2. The van der Waals surface area contributed by atoms with Gasteiger partial charge in [0.15, 0.2) is 18.3 Å². The molecule has 2 amide bonds. The first-order valence-electron chi connectivity index (χ1n) is 8.41. The number of carbonyl (C=O) groups is 2. The van der Waals surface area contributed by atoms with Crippen molar-refractivity contribution in [3.05, 3.63) is 57.0 Å². The van der Waals surface area contributed by atoms with E-state index in [-0.39, 0.29) is 18.3 Å². The van der Waals surface area contributed by atoms with E-state index >= 15 is 0 Å². The molecule has 0 aromatic heterocycles. The van der Waals surface area contributed by atoms with Gasteiger partial charge in [-0.3, -0.25) is 25.8 Å². The summed E-state index contributed by atoms with van der Waals surface area (Å²) >= 11 is 14.2. The number of benzene rings is 2. The number of halogens is 2. The minimum absolute atomic E-state index is 0.0675. The van der Waals surface area contributed by atoms with Gasteiger partial charge in [0.05, 0.1) is 0 Å². The van der Waals surface area contributed by atoms with Gasteiger partial charge in [0.25, 0.3) is 11.8 Å². The van der Waals surface area contributed by atoms with Crippen LogP contribution in [0.15, 0.2) is 40.9 Å². The average Bonchev–Trinajstić information content (AvgIpc) is 2.65. The molecule has 0 unspecified atom stereocenters. The molecule has 0 spiro atoms. The van der Waals surface area contributed by atoms with Crippen molar-refractivity contribution in [3.8, 4) is 11.5 Å². The highest BCUT2D eigenvalue weighted by molar-refractivity contribution is 9.10. The highest BCUT2D eigenvalue weighted by Crippen LogP contribution is 2.22. The van der Waals surface area contributed by atoms with E-state index in [1.54, 1.807) is 24.3 Å². The zero-order valence-electron chi connectivity index (χ0n) is 15.7. The SMILES string of the molecule is Cc1cc(Cl)ccc1OCC(=O)NNC(=S)NC(=O)COc1ccc(Br)cc1C. The number of thiocarbonyl (C=S) groups is 1. The predicted octanol–water partition coefficient (Wildman–Crippen LogP) is 3.20. The number of nitrogens with one attached hydrogen (secondary N) is 3. The third-order valence-corrected chi connectivity index (χ3v) is 4.49. The Morgan fingerprint density at radius 2 is 1.55 bits per heavy atom. The zero-order chi connectivity index (χ0) is 21.4. The molecular formula is C19H19BrClN3O4S. The molecule has 10 heteroatoms. The Morgan fingerprint density at radius 1 is 0.966 bits per heavy atom. The van der Waals surface area contributed by atoms with E-state index in [4.69, 9.17) is 33.3 Å². The van der Waals surface area contributed by atoms with Gasteiger partial charge in [-0.1, -0.05) is 27.5 Å². The molecule has 2 aromatic carbocycles. The number of hydrogen-bond acceptors (Lipinski definition) is 5. The van der Waals surface area contributed by atoms with Crippen LogP contribution in [-0.4, -0.2) is 30.1 Å². The molecule has 7 nitrogen and oxygen atoms in total. The minimum Gasteiger partial charge on any atom is -0.483 e. The Morgan fingerprint density at radius 3 is 2.17 bits per heavy atom. The number of hydrazine groups is 1. The van der Waals surface area contributed by atoms with Crippen LogP contribution in [-0.2, 0) is 9.59 Å². The number of hydrogen-bond donors (Lipinski definition) is 3. The van der Waals surface area contributed by atoms with Gasteiger partial charge in [-0.15, -0.1) is 0 Å². The topological polar surface area (TPSA) is 88.7 Å². The predicted molar refractivity (Wildman–Crippen MR) is 118 cm³/mol. The number of carbonyl (C=O) groups excluding carboxylic acids is 2. The second-order valence-electron chi connectivity index (χ2n) is 5.95. The Balaban J connectivity index is 1.68. The number of aryl methyl sites for hydroxylation is 2. The lowest BCUT2D eigenvalue weighted by atomic mass is 10.2. The molecule has 0 aliphatic carbocycles. The highest BCUT2D eigenvalue weighted by Gasteiger charge is 2.09. The third-order valence-electron chi connectivity index (χ3n) is 3.56. The zero-order valence-corrected chi connectivity index (χ0v) is 18.8. The average molecular weight is 501 g/mol. The molecule has 0 fully saturated rings. The third kappa shape index (κ3) is 7.88. The highest BCUT2D eigenvalue weighted by atomic mass is 79.9. The van der Waals surface area contributed by atoms with E-state index in [9.17, 15) is 9.59 Å². The summed E-state index contributed by atoms with van der Waals surface area (Å²) in [6, 6.07) is 10.5. The van der Waals surface area contributed by atoms with Crippen molar-refractivity contribution < 1.29 is 19.1 Å². The Bertz CT molecular complexity index is 926. The van der Waals surface area contributed by atoms with Crippen molar-refractivity contribution in [2.45, 2.75) is 13.8 Å². The monoisotopic (exact) mass is 499 g/mol. The standard InChI is InChI=1S/C19H19BrClN3O4S/c1-11-7-13(20)3-5-15(11)27-9-17(25)22-19(29)24-23-18(26)10-28-16-6-4-14(21)8-12(16)2/h3-8H,9-10H2,1-2H3,(H,23,26)(H2,22,24,25,29). The summed E-state index contributed by atoms with van der Waals surface area (Å²) in [5, 5.41) is 2.92. The fourth-order valence-corrected chi connectivity index (χ4v) is 3.06. The second-order valence-corrected chi connectivity index (χ2v) is 7.71. The summed E-state index contributed by atoms with van der Waals surface area (Å²) in [5.74, 6) is 0.191. The maximum atomic E-state index is 11.9. The lowest BCUT2D eigenvalue weighted by Crippen LogP contribution is -2.50. The first-order chi connectivity index (χ1) is 13.7. The van der Waals surface area contributed by atoms with Crippen molar-refractivity contribution in [1.82, 2.24) is 16.2 Å². The van der Waals surface area contributed by atoms with E-state index in [1.165, 1.54) is 0 Å². The summed E-state index contributed by atoms with van der Waals surface area (Å²) in [4.78, 5) is 23.7. The molecule has 29 heavy (non-hydrogen) atoms. The van der Waals surface area contributed by atoms with E-state index < -0.39 is 11.8 Å². The van der Waals surface area contributed by atoms with Gasteiger partial charge >= 0.3 is 0 Å². The van der Waals surface area contributed by atoms with Crippen LogP contribution < -0.4 is 25.6 Å². The molecule has 0 atom stereocenters. The van der Waals surface area contributed by atoms with Crippen LogP contribution in [0.4, 0.5) is 0 Å². The van der Waals surface area contributed by atoms with E-state index in [0.29, 0.717) is 16.5 Å². The Hall–Kier alpha value is -2.36. The van der Waals surface area contributed by atoms with Crippen LogP contribution in [0.2, 0.25) is 5.02 Å². The first kappa shape index (κ1) is 22.9. The van der Waals surface area contributed by atoms with E-state index in [0.717, 1.165) is 15.6 Å². The molecule has 2 rings (SSSR count). The molecule has 2 aromatic rings. The number of rotatable bonds is 6. The summed E-state index contributed by atoms with van der Waals surface area (Å²) in [6.45, 7) is 3.22. The van der Waals surface area contributed by atoms with E-state index in [1.807, 2.05) is 26.0 Å². The van der Waals surface area contributed by atoms with Crippen molar-refractivity contribution in [3.63, 3.8) is 0 Å². The molecule has 0 saturated heterocycles. The summed E-state index contributed by atoms with van der Waals surface area (Å²) in [5.41, 5.74) is 6.46. The summed E-state index contributed by atoms with van der Waals surface area (Å²) < 4.78 is 11.8. The largest absolute Gasteiger partial charge is 0.483 e. The minimum atomic E-state index is -0.474. The Labute approximate surface area is 187 Å². The summed E-state index contributed by atoms with van der Waals surface area (Å²) in [6.07, 6.45) is 0. The second kappa shape index (κ2) is 11.0. The van der Waals surface area contributed by atoms with Gasteiger partial charge < -0.3 is 9.47 Å². The Kier molecular flexibility index (Phi) is 8.69. The van der Waals surface area contributed by atoms with Crippen molar-refractivity contribution in [2.75, 3.05) is 13.2 Å². The molecule has 0 heterocycles. The van der Waals surface area contributed by atoms with Crippen LogP contribution in [0.5, 0.6) is 11.5 Å². The molecule has 0 saturated carbocycles. The first-order valence-corrected chi connectivity index (χ1v) is 9.99. The van der Waals surface area contributed by atoms with Gasteiger partial charge in [0.1, 0.15) is 11.5 Å². The van der Waals surface area contributed by atoms with Crippen LogP contribution >= 0.6 is 39.7 Å². The van der Waals surface area contributed by atoms with Gasteiger partial charge in [0, 0.05) is 9.50 Å². The lowest BCUT2D eigenvalue weighted by molar-refractivity contribution is -0.124. The summed E-state index contributed by atoms with van der Waals surface area (Å²) in [7, 11) is 0. The molecular weight excluding hydrogens is 482 g/mol. The maximum Gasteiger partial charge on any atom is 0.276 e. The van der Waals surface area contributed by atoms with Crippen molar-refractivity contribution in [2.24, 2.45) is 0 Å². The van der Waals surface area contributed by atoms with E-state index in [2.05, 4.69) is 32.1 Å². The molecule has 0 bridgehead atoms. The number of amides is 2. The smallest absolute Gasteiger partial charge is 0.276 e. The normalized spacial score (nSPS) is 10.1.